The molecule has 0 aliphatic rings. The van der Waals surface area contributed by atoms with E-state index >= 15 is 0 Å². The lowest BCUT2D eigenvalue weighted by molar-refractivity contribution is 0.222. The van der Waals surface area contributed by atoms with Crippen LogP contribution >= 0.6 is 11.6 Å². The summed E-state index contributed by atoms with van der Waals surface area (Å²) in [6, 6.07) is 7.75. The van der Waals surface area contributed by atoms with Crippen molar-refractivity contribution in [1.29, 1.82) is 5.26 Å². The molecular weight excluding hydrogens is 290 g/mol. The van der Waals surface area contributed by atoms with Gasteiger partial charge in [-0.15, -0.1) is 0 Å². The molecule has 0 fully saturated rings. The molecule has 0 spiro atoms. The van der Waals surface area contributed by atoms with Crippen LogP contribution in [0.1, 0.15) is 25.0 Å². The summed E-state index contributed by atoms with van der Waals surface area (Å²) >= 11 is 5.86. The zero-order valence-electron chi connectivity index (χ0n) is 11.9. The van der Waals surface area contributed by atoms with Gasteiger partial charge < -0.3 is 10.1 Å². The molecule has 0 radical (unpaired) electrons. The highest BCUT2D eigenvalue weighted by molar-refractivity contribution is 6.28. The summed E-state index contributed by atoms with van der Waals surface area (Å²) in [5.74, 6) is 0.229. The number of nitrogens with zero attached hydrogens (tertiary/aromatic N) is 4. The van der Waals surface area contributed by atoms with Crippen molar-refractivity contribution in [2.45, 2.75) is 26.9 Å². The molecule has 7 heteroatoms. The first-order valence-corrected chi connectivity index (χ1v) is 6.72. The van der Waals surface area contributed by atoms with E-state index in [1.807, 2.05) is 32.9 Å². The van der Waals surface area contributed by atoms with Gasteiger partial charge in [0.05, 0.1) is 17.4 Å². The van der Waals surface area contributed by atoms with Gasteiger partial charge in [-0.05, 0) is 44.0 Å². The topological polar surface area (TPSA) is 83.7 Å². The highest BCUT2D eigenvalue weighted by Gasteiger charge is 2.10. The smallest absolute Gasteiger partial charge is 0.322 e. The molecule has 2 rings (SSSR count). The van der Waals surface area contributed by atoms with Gasteiger partial charge in [0.2, 0.25) is 11.2 Å². The van der Waals surface area contributed by atoms with Crippen LogP contribution in [-0.4, -0.2) is 21.1 Å². The molecule has 0 atom stereocenters. The van der Waals surface area contributed by atoms with E-state index in [1.54, 1.807) is 6.07 Å². The number of rotatable bonds is 4. The number of aryl methyl sites for hydroxylation is 1. The second-order valence-corrected chi connectivity index (χ2v) is 4.95. The van der Waals surface area contributed by atoms with E-state index in [4.69, 9.17) is 16.3 Å². The number of hydrogen-bond acceptors (Lipinski definition) is 6. The fourth-order valence-electron chi connectivity index (χ4n) is 1.69. The van der Waals surface area contributed by atoms with E-state index in [0.29, 0.717) is 11.3 Å². The standard InChI is InChI=1S/C14H14ClN5O/c1-8(2)21-14-19-12(15)18-13(20-14)17-11-6-4-5-9(3)10(11)7-16/h4-6,8H,1-3H3,(H,17,18,19,20). The first-order chi connectivity index (χ1) is 9.99. The molecule has 0 saturated heterocycles. The largest absolute Gasteiger partial charge is 0.461 e. The average molecular weight is 304 g/mol. The van der Waals surface area contributed by atoms with Crippen molar-refractivity contribution in [2.24, 2.45) is 0 Å². The highest BCUT2D eigenvalue weighted by Crippen LogP contribution is 2.22. The monoisotopic (exact) mass is 303 g/mol. The quantitative estimate of drug-likeness (QED) is 0.933. The highest BCUT2D eigenvalue weighted by atomic mass is 35.5. The second-order valence-electron chi connectivity index (χ2n) is 4.61. The molecule has 2 aromatic rings. The Morgan fingerprint density at radius 2 is 2.05 bits per heavy atom. The molecule has 0 bridgehead atoms. The van der Waals surface area contributed by atoms with E-state index in [9.17, 15) is 5.26 Å². The molecule has 0 aliphatic carbocycles. The number of nitrogens with one attached hydrogen (secondary N) is 1. The first-order valence-electron chi connectivity index (χ1n) is 6.34. The van der Waals surface area contributed by atoms with Crippen LogP contribution in [0.25, 0.3) is 0 Å². The zero-order valence-corrected chi connectivity index (χ0v) is 12.6. The van der Waals surface area contributed by atoms with E-state index in [-0.39, 0.29) is 23.3 Å². The van der Waals surface area contributed by atoms with Crippen LogP contribution in [0.15, 0.2) is 18.2 Å². The molecule has 1 aromatic heterocycles. The van der Waals surface area contributed by atoms with Crippen molar-refractivity contribution < 1.29 is 4.74 Å². The Balaban J connectivity index is 2.34. The molecule has 1 heterocycles. The molecular formula is C14H14ClN5O. The number of hydrogen-bond donors (Lipinski definition) is 1. The zero-order chi connectivity index (χ0) is 15.4. The van der Waals surface area contributed by atoms with Gasteiger partial charge in [-0.2, -0.15) is 20.2 Å². The molecule has 0 amide bonds. The molecule has 1 aromatic carbocycles. The molecule has 0 unspecified atom stereocenters. The van der Waals surface area contributed by atoms with Crippen LogP contribution in [0.4, 0.5) is 11.6 Å². The minimum absolute atomic E-state index is 0.0225. The summed E-state index contributed by atoms with van der Waals surface area (Å²) in [5, 5.41) is 12.2. The minimum atomic E-state index is -0.0787. The predicted octanol–water partition coefficient (Wildman–Crippen LogP) is 3.24. The van der Waals surface area contributed by atoms with Crippen molar-refractivity contribution in [3.63, 3.8) is 0 Å². The van der Waals surface area contributed by atoms with Crippen molar-refractivity contribution in [3.8, 4) is 12.1 Å². The van der Waals surface area contributed by atoms with Crippen LogP contribution in [-0.2, 0) is 0 Å². The van der Waals surface area contributed by atoms with Crippen LogP contribution < -0.4 is 10.1 Å². The average Bonchev–Trinajstić information content (AvgIpc) is 2.37. The Labute approximate surface area is 127 Å². The second kappa shape index (κ2) is 6.37. The number of nitriles is 1. The molecule has 108 valence electrons. The number of ether oxygens (including phenoxy) is 1. The fourth-order valence-corrected chi connectivity index (χ4v) is 1.84. The summed E-state index contributed by atoms with van der Waals surface area (Å²) in [6.45, 7) is 5.58. The Bertz CT molecular complexity index is 696. The first kappa shape index (κ1) is 15.0. The Morgan fingerprint density at radius 1 is 1.29 bits per heavy atom. The van der Waals surface area contributed by atoms with Gasteiger partial charge in [-0.25, -0.2) is 0 Å². The number of halogens is 1. The lowest BCUT2D eigenvalue weighted by atomic mass is 10.1. The number of anilines is 2. The lowest BCUT2D eigenvalue weighted by Crippen LogP contribution is -2.10. The van der Waals surface area contributed by atoms with Crippen LogP contribution in [0, 0.1) is 18.3 Å². The van der Waals surface area contributed by atoms with Crippen molar-refractivity contribution in [2.75, 3.05) is 5.32 Å². The molecule has 0 saturated carbocycles. The molecule has 21 heavy (non-hydrogen) atoms. The maximum absolute atomic E-state index is 9.21. The summed E-state index contributed by atoms with van der Waals surface area (Å²) in [6.07, 6.45) is -0.0787. The van der Waals surface area contributed by atoms with Gasteiger partial charge >= 0.3 is 6.01 Å². The maximum atomic E-state index is 9.21. The summed E-state index contributed by atoms with van der Waals surface area (Å²) in [5.41, 5.74) is 2.00. The maximum Gasteiger partial charge on any atom is 0.322 e. The van der Waals surface area contributed by atoms with Crippen LogP contribution in [0.2, 0.25) is 5.28 Å². The van der Waals surface area contributed by atoms with Gasteiger partial charge in [-0.1, -0.05) is 12.1 Å². The number of aromatic nitrogens is 3. The van der Waals surface area contributed by atoms with E-state index in [2.05, 4.69) is 26.3 Å². The molecule has 0 aliphatic heterocycles. The van der Waals surface area contributed by atoms with Crippen LogP contribution in [0.3, 0.4) is 0 Å². The van der Waals surface area contributed by atoms with Gasteiger partial charge in [-0.3, -0.25) is 0 Å². The summed E-state index contributed by atoms with van der Waals surface area (Å²) in [7, 11) is 0. The third-order valence-electron chi connectivity index (χ3n) is 2.56. The normalized spacial score (nSPS) is 10.3. The van der Waals surface area contributed by atoms with Crippen LogP contribution in [0.5, 0.6) is 6.01 Å². The predicted molar refractivity (Wildman–Crippen MR) is 79.8 cm³/mol. The van der Waals surface area contributed by atoms with Gasteiger partial charge in [0.1, 0.15) is 6.07 Å². The fraction of sp³-hybridized carbons (Fsp3) is 0.286. The van der Waals surface area contributed by atoms with Crippen molar-refractivity contribution in [1.82, 2.24) is 15.0 Å². The Hall–Kier alpha value is -2.39. The van der Waals surface area contributed by atoms with E-state index in [0.717, 1.165) is 5.56 Å². The number of benzene rings is 1. The Morgan fingerprint density at radius 3 is 2.71 bits per heavy atom. The third kappa shape index (κ3) is 3.80. The van der Waals surface area contributed by atoms with Gasteiger partial charge in [0, 0.05) is 0 Å². The summed E-state index contributed by atoms with van der Waals surface area (Å²) < 4.78 is 5.40. The SMILES string of the molecule is Cc1cccc(Nc2nc(Cl)nc(OC(C)C)n2)c1C#N. The van der Waals surface area contributed by atoms with Gasteiger partial charge in [0.25, 0.3) is 0 Å². The molecule has 6 nitrogen and oxygen atoms in total. The Kier molecular flexibility index (Phi) is 4.55. The summed E-state index contributed by atoms with van der Waals surface area (Å²) in [4.78, 5) is 12.0. The van der Waals surface area contributed by atoms with E-state index in [1.165, 1.54) is 0 Å². The van der Waals surface area contributed by atoms with Crippen molar-refractivity contribution >= 4 is 23.2 Å². The van der Waals surface area contributed by atoms with Gasteiger partial charge in [0.15, 0.2) is 0 Å². The van der Waals surface area contributed by atoms with Crippen molar-refractivity contribution in [3.05, 3.63) is 34.6 Å². The van der Waals surface area contributed by atoms with E-state index < -0.39 is 0 Å². The molecule has 1 N–H and O–H groups in total. The minimum Gasteiger partial charge on any atom is -0.461 e. The third-order valence-corrected chi connectivity index (χ3v) is 2.73. The lowest BCUT2D eigenvalue weighted by Gasteiger charge is -2.11.